The molecule has 0 radical (unpaired) electrons. The van der Waals surface area contributed by atoms with E-state index in [0.717, 1.165) is 23.7 Å². The summed E-state index contributed by atoms with van der Waals surface area (Å²) in [4.78, 5) is 2.50. The van der Waals surface area contributed by atoms with E-state index in [9.17, 15) is 0 Å². The molecule has 0 saturated carbocycles. The first-order chi connectivity index (χ1) is 8.93. The van der Waals surface area contributed by atoms with E-state index in [1.807, 2.05) is 18.7 Å². The van der Waals surface area contributed by atoms with Crippen molar-refractivity contribution in [2.45, 2.75) is 31.6 Å². The summed E-state index contributed by atoms with van der Waals surface area (Å²) in [6, 6.07) is 6.60. The summed E-state index contributed by atoms with van der Waals surface area (Å²) >= 11 is 8.29. The zero-order chi connectivity index (χ0) is 14.0. The van der Waals surface area contributed by atoms with E-state index in [1.54, 1.807) is 0 Å². The van der Waals surface area contributed by atoms with Crippen LogP contribution in [0.1, 0.15) is 31.0 Å². The second-order valence-electron chi connectivity index (χ2n) is 5.84. The molecule has 0 bridgehead atoms. The quantitative estimate of drug-likeness (QED) is 0.926. The summed E-state index contributed by atoms with van der Waals surface area (Å²) in [6.07, 6.45) is 0. The third-order valence-electron chi connectivity index (χ3n) is 3.70. The third kappa shape index (κ3) is 3.66. The lowest BCUT2D eigenvalue weighted by Crippen LogP contribution is -2.46. The Labute approximate surface area is 125 Å². The van der Waals surface area contributed by atoms with Crippen LogP contribution in [0.3, 0.4) is 0 Å². The topological polar surface area (TPSA) is 29.3 Å². The Morgan fingerprint density at radius 1 is 1.47 bits per heavy atom. The van der Waals surface area contributed by atoms with Crippen LogP contribution in [0.2, 0.25) is 5.02 Å². The van der Waals surface area contributed by atoms with E-state index in [4.69, 9.17) is 17.3 Å². The Balaban J connectivity index is 2.21. The molecule has 1 aliphatic rings. The second kappa shape index (κ2) is 6.04. The fraction of sp³-hybridized carbons (Fsp3) is 0.600. The zero-order valence-corrected chi connectivity index (χ0v) is 13.5. The molecular formula is C15H23ClN2S. The first kappa shape index (κ1) is 15.2. The molecule has 0 aromatic heterocycles. The lowest BCUT2D eigenvalue weighted by atomic mass is 10.0. The summed E-state index contributed by atoms with van der Waals surface area (Å²) in [7, 11) is 0. The number of nitrogens with two attached hydrogens (primary N) is 1. The van der Waals surface area contributed by atoms with Gasteiger partial charge in [0.05, 0.1) is 0 Å². The van der Waals surface area contributed by atoms with Crippen LogP contribution in [0, 0.1) is 6.92 Å². The molecule has 1 fully saturated rings. The number of aryl methyl sites for hydroxylation is 1. The Bertz CT molecular complexity index is 448. The van der Waals surface area contributed by atoms with Gasteiger partial charge in [0.1, 0.15) is 0 Å². The van der Waals surface area contributed by atoms with Gasteiger partial charge in [0, 0.05) is 41.2 Å². The predicted molar refractivity (Wildman–Crippen MR) is 86.1 cm³/mol. The highest BCUT2D eigenvalue weighted by atomic mass is 35.5. The fourth-order valence-corrected chi connectivity index (χ4v) is 3.96. The standard InChI is InChI=1S/C15H23ClN2S/c1-11-4-5-12(8-13(11)16)14(9-17)18-6-7-19-15(2,3)10-18/h4-5,8,14H,6-7,9-10,17H2,1-3H3. The van der Waals surface area contributed by atoms with Crippen molar-refractivity contribution in [1.82, 2.24) is 4.90 Å². The summed E-state index contributed by atoms with van der Waals surface area (Å²) in [5.41, 5.74) is 8.38. The van der Waals surface area contributed by atoms with Gasteiger partial charge in [-0.1, -0.05) is 23.7 Å². The molecule has 1 atom stereocenters. The number of hydrogen-bond acceptors (Lipinski definition) is 3. The van der Waals surface area contributed by atoms with Gasteiger partial charge in [-0.25, -0.2) is 0 Å². The largest absolute Gasteiger partial charge is 0.329 e. The lowest BCUT2D eigenvalue weighted by Gasteiger charge is -2.41. The molecule has 1 aliphatic heterocycles. The Hall–Kier alpha value is -0.220. The van der Waals surface area contributed by atoms with Gasteiger partial charge in [-0.3, -0.25) is 4.90 Å². The van der Waals surface area contributed by atoms with E-state index in [0.29, 0.717) is 11.3 Å². The van der Waals surface area contributed by atoms with Gasteiger partial charge >= 0.3 is 0 Å². The van der Waals surface area contributed by atoms with Gasteiger partial charge in [0.15, 0.2) is 0 Å². The minimum absolute atomic E-state index is 0.276. The molecular weight excluding hydrogens is 276 g/mol. The molecule has 19 heavy (non-hydrogen) atoms. The number of hydrogen-bond donors (Lipinski definition) is 1. The smallest absolute Gasteiger partial charge is 0.0471 e. The Morgan fingerprint density at radius 3 is 2.79 bits per heavy atom. The van der Waals surface area contributed by atoms with Crippen molar-refractivity contribution in [2.24, 2.45) is 5.73 Å². The van der Waals surface area contributed by atoms with Crippen molar-refractivity contribution >= 4 is 23.4 Å². The molecule has 0 aliphatic carbocycles. The molecule has 2 nitrogen and oxygen atoms in total. The summed E-state index contributed by atoms with van der Waals surface area (Å²) in [5, 5.41) is 0.835. The molecule has 0 amide bonds. The van der Waals surface area contributed by atoms with Gasteiger partial charge in [-0.15, -0.1) is 0 Å². The highest BCUT2D eigenvalue weighted by molar-refractivity contribution is 8.00. The molecule has 0 spiro atoms. The predicted octanol–water partition coefficient (Wildman–Crippen LogP) is 3.48. The molecule has 1 aromatic rings. The van der Waals surface area contributed by atoms with Crippen LogP contribution in [-0.2, 0) is 0 Å². The van der Waals surface area contributed by atoms with E-state index < -0.39 is 0 Å². The minimum Gasteiger partial charge on any atom is -0.329 e. The second-order valence-corrected chi connectivity index (χ2v) is 8.05. The van der Waals surface area contributed by atoms with E-state index in [-0.39, 0.29) is 6.04 Å². The third-order valence-corrected chi connectivity index (χ3v) is 5.40. The van der Waals surface area contributed by atoms with Crippen molar-refractivity contribution in [3.8, 4) is 0 Å². The van der Waals surface area contributed by atoms with E-state index in [1.165, 1.54) is 11.3 Å². The summed E-state index contributed by atoms with van der Waals surface area (Å²) in [6.45, 7) is 9.45. The Kier molecular flexibility index (Phi) is 4.83. The van der Waals surface area contributed by atoms with Crippen molar-refractivity contribution in [3.05, 3.63) is 34.3 Å². The number of nitrogens with zero attached hydrogens (tertiary/aromatic N) is 1. The molecule has 1 saturated heterocycles. The monoisotopic (exact) mass is 298 g/mol. The van der Waals surface area contributed by atoms with Crippen molar-refractivity contribution in [2.75, 3.05) is 25.4 Å². The van der Waals surface area contributed by atoms with E-state index >= 15 is 0 Å². The molecule has 1 aromatic carbocycles. The zero-order valence-electron chi connectivity index (χ0n) is 11.9. The maximum Gasteiger partial charge on any atom is 0.0471 e. The van der Waals surface area contributed by atoms with Gasteiger partial charge in [0.25, 0.3) is 0 Å². The average Bonchev–Trinajstić information content (AvgIpc) is 2.33. The molecule has 106 valence electrons. The fourth-order valence-electron chi connectivity index (χ4n) is 2.63. The van der Waals surface area contributed by atoms with Crippen LogP contribution in [-0.4, -0.2) is 35.0 Å². The summed E-state index contributed by atoms with van der Waals surface area (Å²) < 4.78 is 0.306. The first-order valence-electron chi connectivity index (χ1n) is 6.77. The van der Waals surface area contributed by atoms with Crippen LogP contribution in [0.25, 0.3) is 0 Å². The van der Waals surface area contributed by atoms with E-state index in [2.05, 4.69) is 36.9 Å². The van der Waals surface area contributed by atoms with Crippen LogP contribution in [0.5, 0.6) is 0 Å². The number of benzene rings is 1. The Morgan fingerprint density at radius 2 is 2.21 bits per heavy atom. The minimum atomic E-state index is 0.276. The van der Waals surface area contributed by atoms with Gasteiger partial charge < -0.3 is 5.73 Å². The highest BCUT2D eigenvalue weighted by Crippen LogP contribution is 2.34. The van der Waals surface area contributed by atoms with Crippen LogP contribution in [0.4, 0.5) is 0 Å². The van der Waals surface area contributed by atoms with Crippen molar-refractivity contribution in [3.63, 3.8) is 0 Å². The molecule has 2 rings (SSSR count). The van der Waals surface area contributed by atoms with Gasteiger partial charge in [-0.05, 0) is 38.0 Å². The summed E-state index contributed by atoms with van der Waals surface area (Å²) in [5.74, 6) is 1.17. The maximum atomic E-state index is 6.25. The average molecular weight is 299 g/mol. The number of thioether (sulfide) groups is 1. The van der Waals surface area contributed by atoms with Crippen LogP contribution in [0.15, 0.2) is 18.2 Å². The number of halogens is 1. The van der Waals surface area contributed by atoms with Crippen molar-refractivity contribution < 1.29 is 0 Å². The molecule has 2 N–H and O–H groups in total. The highest BCUT2D eigenvalue weighted by Gasteiger charge is 2.31. The van der Waals surface area contributed by atoms with Gasteiger partial charge in [0.2, 0.25) is 0 Å². The molecule has 4 heteroatoms. The maximum absolute atomic E-state index is 6.25. The normalized spacial score (nSPS) is 21.3. The van der Waals surface area contributed by atoms with Crippen molar-refractivity contribution in [1.29, 1.82) is 0 Å². The van der Waals surface area contributed by atoms with Gasteiger partial charge in [-0.2, -0.15) is 11.8 Å². The SMILES string of the molecule is Cc1ccc(C(CN)N2CCSC(C)(C)C2)cc1Cl. The van der Waals surface area contributed by atoms with Crippen LogP contribution < -0.4 is 5.73 Å². The molecule has 1 heterocycles. The number of rotatable bonds is 3. The lowest BCUT2D eigenvalue weighted by molar-refractivity contribution is 0.192. The molecule has 1 unspecified atom stereocenters. The first-order valence-corrected chi connectivity index (χ1v) is 8.13. The van der Waals surface area contributed by atoms with Crippen LogP contribution >= 0.6 is 23.4 Å².